The van der Waals surface area contributed by atoms with Crippen LogP contribution in [0.4, 0.5) is 17.1 Å². The summed E-state index contributed by atoms with van der Waals surface area (Å²) in [6, 6.07) is 8.77. The van der Waals surface area contributed by atoms with E-state index in [0.29, 0.717) is 27.0 Å². The maximum Gasteiger partial charge on any atom is 0.126 e. The molecular formula is C17H19Cl2N3O. The normalized spacial score (nSPS) is 11.1. The fourth-order valence-corrected chi connectivity index (χ4v) is 2.69. The predicted molar refractivity (Wildman–Crippen MR) is 99.8 cm³/mol. The average Bonchev–Trinajstić information content (AvgIpc) is 2.53. The van der Waals surface area contributed by atoms with E-state index in [2.05, 4.69) is 23.7 Å². The van der Waals surface area contributed by atoms with Crippen LogP contribution in [0, 0.1) is 0 Å². The van der Waals surface area contributed by atoms with Gasteiger partial charge in [0.05, 0.1) is 21.4 Å². The van der Waals surface area contributed by atoms with Crippen molar-refractivity contribution in [1.82, 2.24) is 0 Å². The monoisotopic (exact) mass is 351 g/mol. The fourth-order valence-electron chi connectivity index (χ4n) is 2.22. The lowest BCUT2D eigenvalue weighted by Crippen LogP contribution is -2.21. The number of rotatable bonds is 5. The van der Waals surface area contributed by atoms with Crippen LogP contribution in [0.25, 0.3) is 0 Å². The van der Waals surface area contributed by atoms with Crippen molar-refractivity contribution >= 4 is 46.5 Å². The van der Waals surface area contributed by atoms with Crippen molar-refractivity contribution in [3.63, 3.8) is 0 Å². The van der Waals surface area contributed by atoms with Crippen LogP contribution in [0.2, 0.25) is 10.0 Å². The SMILES string of the molecule is CCN(CC)c1ccc(C=Nc2cc(Cl)c(N)c(Cl)c2)c(O)c1. The third-order valence-electron chi connectivity index (χ3n) is 3.56. The van der Waals surface area contributed by atoms with E-state index < -0.39 is 0 Å². The summed E-state index contributed by atoms with van der Waals surface area (Å²) < 4.78 is 0. The molecule has 0 heterocycles. The van der Waals surface area contributed by atoms with Crippen LogP contribution in [0.15, 0.2) is 35.3 Å². The third-order valence-corrected chi connectivity index (χ3v) is 4.18. The molecule has 0 aliphatic carbocycles. The van der Waals surface area contributed by atoms with Gasteiger partial charge in [-0.25, -0.2) is 0 Å². The number of nitrogen functional groups attached to an aromatic ring is 1. The van der Waals surface area contributed by atoms with Crippen molar-refractivity contribution in [2.75, 3.05) is 23.7 Å². The minimum atomic E-state index is 0.172. The van der Waals surface area contributed by atoms with E-state index >= 15 is 0 Å². The van der Waals surface area contributed by atoms with Crippen LogP contribution < -0.4 is 10.6 Å². The van der Waals surface area contributed by atoms with Crippen molar-refractivity contribution in [2.45, 2.75) is 13.8 Å². The minimum absolute atomic E-state index is 0.172. The highest BCUT2D eigenvalue weighted by Crippen LogP contribution is 2.32. The second-order valence-corrected chi connectivity index (χ2v) is 5.81. The molecule has 6 heteroatoms. The molecule has 0 fully saturated rings. The molecule has 0 aliphatic rings. The molecule has 0 spiro atoms. The van der Waals surface area contributed by atoms with Crippen LogP contribution in [-0.2, 0) is 0 Å². The van der Waals surface area contributed by atoms with Crippen LogP contribution in [-0.4, -0.2) is 24.4 Å². The fraction of sp³-hybridized carbons (Fsp3) is 0.235. The Morgan fingerprint density at radius 1 is 1.13 bits per heavy atom. The van der Waals surface area contributed by atoms with Gasteiger partial charge in [-0.3, -0.25) is 4.99 Å². The topological polar surface area (TPSA) is 61.8 Å². The van der Waals surface area contributed by atoms with Gasteiger partial charge in [0.15, 0.2) is 0 Å². The van der Waals surface area contributed by atoms with E-state index in [1.54, 1.807) is 24.4 Å². The van der Waals surface area contributed by atoms with Gasteiger partial charge in [0.1, 0.15) is 5.75 Å². The number of nitrogens with two attached hydrogens (primary N) is 1. The van der Waals surface area contributed by atoms with E-state index in [1.807, 2.05) is 12.1 Å². The van der Waals surface area contributed by atoms with Crippen LogP contribution in [0.5, 0.6) is 5.75 Å². The molecule has 3 N–H and O–H groups in total. The van der Waals surface area contributed by atoms with Gasteiger partial charge in [-0.05, 0) is 38.1 Å². The quantitative estimate of drug-likeness (QED) is 0.596. The van der Waals surface area contributed by atoms with Crippen molar-refractivity contribution in [2.24, 2.45) is 4.99 Å². The number of anilines is 2. The number of hydrogen-bond donors (Lipinski definition) is 2. The van der Waals surface area contributed by atoms with Crippen molar-refractivity contribution in [1.29, 1.82) is 0 Å². The Labute approximate surface area is 146 Å². The predicted octanol–water partition coefficient (Wildman–Crippen LogP) is 4.88. The molecule has 0 aromatic heterocycles. The lowest BCUT2D eigenvalue weighted by molar-refractivity contribution is 0.474. The van der Waals surface area contributed by atoms with E-state index in [9.17, 15) is 5.11 Å². The molecular weight excluding hydrogens is 333 g/mol. The Balaban J connectivity index is 2.26. The molecule has 0 saturated heterocycles. The van der Waals surface area contributed by atoms with Gasteiger partial charge in [0.2, 0.25) is 0 Å². The first kappa shape index (κ1) is 17.4. The zero-order chi connectivity index (χ0) is 17.0. The number of aliphatic imine (C=N–C) groups is 1. The molecule has 2 rings (SSSR count). The smallest absolute Gasteiger partial charge is 0.126 e. The summed E-state index contributed by atoms with van der Waals surface area (Å²) in [6.07, 6.45) is 1.57. The van der Waals surface area contributed by atoms with Crippen LogP contribution >= 0.6 is 23.2 Å². The summed E-state index contributed by atoms with van der Waals surface area (Å²) >= 11 is 12.0. The summed E-state index contributed by atoms with van der Waals surface area (Å²) in [5.74, 6) is 0.172. The molecule has 23 heavy (non-hydrogen) atoms. The molecule has 122 valence electrons. The maximum absolute atomic E-state index is 10.2. The van der Waals surface area contributed by atoms with E-state index in [1.165, 1.54) is 0 Å². The number of halogens is 2. The van der Waals surface area contributed by atoms with Crippen molar-refractivity contribution in [3.8, 4) is 5.75 Å². The van der Waals surface area contributed by atoms with Crippen molar-refractivity contribution < 1.29 is 5.11 Å². The molecule has 0 amide bonds. The Morgan fingerprint density at radius 3 is 2.26 bits per heavy atom. The molecule has 0 radical (unpaired) electrons. The molecule has 0 bridgehead atoms. The largest absolute Gasteiger partial charge is 0.507 e. The lowest BCUT2D eigenvalue weighted by Gasteiger charge is -2.21. The summed E-state index contributed by atoms with van der Waals surface area (Å²) in [5, 5.41) is 10.9. The molecule has 0 saturated carbocycles. The lowest BCUT2D eigenvalue weighted by atomic mass is 10.2. The third kappa shape index (κ3) is 4.09. The van der Waals surface area contributed by atoms with Gasteiger partial charge in [-0.1, -0.05) is 23.2 Å². The highest BCUT2D eigenvalue weighted by atomic mass is 35.5. The first-order chi connectivity index (χ1) is 11.0. The Bertz CT molecular complexity index is 705. The minimum Gasteiger partial charge on any atom is -0.507 e. The second kappa shape index (κ2) is 7.57. The standard InChI is InChI=1S/C17H19Cl2N3O/c1-3-22(4-2)13-6-5-11(16(23)9-13)10-21-12-7-14(18)17(20)15(19)8-12/h5-10,23H,3-4,20H2,1-2H3. The summed E-state index contributed by atoms with van der Waals surface area (Å²) in [5.41, 5.74) is 8.19. The molecule has 4 nitrogen and oxygen atoms in total. The Hall–Kier alpha value is -1.91. The number of phenols is 1. The Kier molecular flexibility index (Phi) is 5.74. The molecule has 0 atom stereocenters. The van der Waals surface area contributed by atoms with Crippen LogP contribution in [0.1, 0.15) is 19.4 Å². The molecule has 0 unspecified atom stereocenters. The number of hydrogen-bond acceptors (Lipinski definition) is 4. The van der Waals surface area contributed by atoms with E-state index in [0.717, 1.165) is 18.8 Å². The number of aromatic hydroxyl groups is 1. The second-order valence-electron chi connectivity index (χ2n) is 5.00. The first-order valence-electron chi connectivity index (χ1n) is 7.32. The van der Waals surface area contributed by atoms with Gasteiger partial charge < -0.3 is 15.7 Å². The zero-order valence-electron chi connectivity index (χ0n) is 13.1. The van der Waals surface area contributed by atoms with Crippen molar-refractivity contribution in [3.05, 3.63) is 45.9 Å². The molecule has 2 aromatic carbocycles. The van der Waals surface area contributed by atoms with Gasteiger partial charge >= 0.3 is 0 Å². The molecule has 0 aliphatic heterocycles. The highest BCUT2D eigenvalue weighted by molar-refractivity contribution is 6.39. The summed E-state index contributed by atoms with van der Waals surface area (Å²) in [6.45, 7) is 5.91. The summed E-state index contributed by atoms with van der Waals surface area (Å²) in [7, 11) is 0. The van der Waals surface area contributed by atoms with Gasteiger partial charge in [0.25, 0.3) is 0 Å². The molecule has 2 aromatic rings. The number of nitrogens with zero attached hydrogens (tertiary/aromatic N) is 2. The van der Waals surface area contributed by atoms with E-state index in [-0.39, 0.29) is 5.75 Å². The number of phenolic OH excluding ortho intramolecular Hbond substituents is 1. The Morgan fingerprint density at radius 2 is 1.74 bits per heavy atom. The average molecular weight is 352 g/mol. The zero-order valence-corrected chi connectivity index (χ0v) is 14.6. The maximum atomic E-state index is 10.2. The number of benzene rings is 2. The summed E-state index contributed by atoms with van der Waals surface area (Å²) in [4.78, 5) is 6.44. The van der Waals surface area contributed by atoms with Gasteiger partial charge in [-0.2, -0.15) is 0 Å². The first-order valence-corrected chi connectivity index (χ1v) is 8.08. The van der Waals surface area contributed by atoms with E-state index in [4.69, 9.17) is 28.9 Å². The van der Waals surface area contributed by atoms with Gasteiger partial charge in [-0.15, -0.1) is 0 Å². The van der Waals surface area contributed by atoms with Crippen LogP contribution in [0.3, 0.4) is 0 Å². The highest BCUT2D eigenvalue weighted by Gasteiger charge is 2.07. The van der Waals surface area contributed by atoms with Gasteiger partial charge in [0, 0.05) is 36.6 Å².